The minimum Gasteiger partial charge on any atom is -0.507 e. The van der Waals surface area contributed by atoms with E-state index in [0.717, 1.165) is 10.4 Å². The van der Waals surface area contributed by atoms with Gasteiger partial charge >= 0.3 is 0 Å². The molecule has 7 heteroatoms. The van der Waals surface area contributed by atoms with Crippen LogP contribution >= 0.6 is 11.3 Å². The number of thiophene rings is 1. The smallest absolute Gasteiger partial charge is 0.295 e. The maximum atomic E-state index is 13.0. The zero-order valence-corrected chi connectivity index (χ0v) is 19.4. The lowest BCUT2D eigenvalue weighted by molar-refractivity contribution is -0.140. The molecule has 1 aliphatic rings. The van der Waals surface area contributed by atoms with E-state index < -0.39 is 17.7 Å². The van der Waals surface area contributed by atoms with Crippen molar-refractivity contribution in [3.63, 3.8) is 0 Å². The van der Waals surface area contributed by atoms with Crippen LogP contribution in [0.4, 0.5) is 0 Å². The Morgan fingerprint density at radius 3 is 2.39 bits per heavy atom. The van der Waals surface area contributed by atoms with Crippen molar-refractivity contribution in [1.29, 1.82) is 0 Å². The normalized spacial score (nSPS) is 17.7. The number of aliphatic hydroxyl groups excluding tert-OH is 1. The lowest BCUT2D eigenvalue weighted by Gasteiger charge is -2.25. The molecule has 0 saturated carbocycles. The number of carbonyl (C=O) groups is 2. The second-order valence-electron chi connectivity index (χ2n) is 8.11. The van der Waals surface area contributed by atoms with Crippen LogP contribution in [0.1, 0.15) is 22.0 Å². The minimum atomic E-state index is -0.658. The van der Waals surface area contributed by atoms with Crippen molar-refractivity contribution in [3.05, 3.63) is 93.7 Å². The average Bonchev–Trinajstić information content (AvgIpc) is 3.44. The van der Waals surface area contributed by atoms with Gasteiger partial charge in [-0.05, 0) is 55.4 Å². The molecule has 2 aromatic carbocycles. The Morgan fingerprint density at radius 1 is 1.03 bits per heavy atom. The van der Waals surface area contributed by atoms with Gasteiger partial charge in [0.15, 0.2) is 0 Å². The van der Waals surface area contributed by atoms with E-state index in [1.54, 1.807) is 29.2 Å². The third kappa shape index (κ3) is 4.99. The van der Waals surface area contributed by atoms with Crippen molar-refractivity contribution in [3.8, 4) is 5.75 Å². The van der Waals surface area contributed by atoms with Gasteiger partial charge in [-0.3, -0.25) is 9.59 Å². The predicted octanol–water partition coefficient (Wildman–Crippen LogP) is 4.31. The molecule has 1 aliphatic heterocycles. The number of ketones is 1. The first-order valence-corrected chi connectivity index (χ1v) is 11.6. The number of benzene rings is 2. The van der Waals surface area contributed by atoms with Crippen LogP contribution in [0.5, 0.6) is 5.75 Å². The van der Waals surface area contributed by atoms with E-state index in [1.165, 1.54) is 11.3 Å². The van der Waals surface area contributed by atoms with Crippen molar-refractivity contribution in [2.75, 3.05) is 27.2 Å². The Hall–Kier alpha value is -3.42. The third-order valence-corrected chi connectivity index (χ3v) is 6.44. The number of amides is 1. The molecule has 3 aromatic rings. The van der Waals surface area contributed by atoms with Crippen LogP contribution in [0.3, 0.4) is 0 Å². The van der Waals surface area contributed by atoms with E-state index in [-0.39, 0.29) is 11.3 Å². The summed E-state index contributed by atoms with van der Waals surface area (Å²) >= 11 is 1.46. The first-order valence-electron chi connectivity index (χ1n) is 10.7. The van der Waals surface area contributed by atoms with E-state index in [1.807, 2.05) is 66.8 Å². The Kier molecular flexibility index (Phi) is 6.91. The van der Waals surface area contributed by atoms with Crippen LogP contribution in [0, 0.1) is 0 Å². The lowest BCUT2D eigenvalue weighted by Crippen LogP contribution is -2.35. The number of ether oxygens (including phenoxy) is 1. The summed E-state index contributed by atoms with van der Waals surface area (Å²) in [6, 6.07) is 19.9. The lowest BCUT2D eigenvalue weighted by atomic mass is 10.00. The second kappa shape index (κ2) is 10.0. The SMILES string of the molecule is CN(C)CCN1C(=O)C(=O)/C(=C(\O)c2ccc(OCc3ccccc3)cc2)C1c1cccs1. The summed E-state index contributed by atoms with van der Waals surface area (Å²) in [6.07, 6.45) is 0. The largest absolute Gasteiger partial charge is 0.507 e. The van der Waals surface area contributed by atoms with Crippen LogP contribution < -0.4 is 4.74 Å². The molecular formula is C26H26N2O4S. The summed E-state index contributed by atoms with van der Waals surface area (Å²) < 4.78 is 5.81. The van der Waals surface area contributed by atoms with E-state index in [9.17, 15) is 14.7 Å². The van der Waals surface area contributed by atoms with Gasteiger partial charge in [-0.25, -0.2) is 0 Å². The van der Waals surface area contributed by atoms with E-state index >= 15 is 0 Å². The van der Waals surface area contributed by atoms with Crippen molar-refractivity contribution in [1.82, 2.24) is 9.80 Å². The van der Waals surface area contributed by atoms with Gasteiger partial charge in [-0.1, -0.05) is 36.4 Å². The van der Waals surface area contributed by atoms with Gasteiger partial charge in [0, 0.05) is 23.5 Å². The molecule has 170 valence electrons. The number of carbonyl (C=O) groups excluding carboxylic acids is 2. The molecule has 0 aliphatic carbocycles. The summed E-state index contributed by atoms with van der Waals surface area (Å²) in [4.78, 5) is 30.2. The Bertz CT molecular complexity index is 1140. The van der Waals surface area contributed by atoms with Gasteiger partial charge in [0.25, 0.3) is 11.7 Å². The average molecular weight is 463 g/mol. The monoisotopic (exact) mass is 462 g/mol. The molecule has 0 radical (unpaired) electrons. The van der Waals surface area contributed by atoms with E-state index in [2.05, 4.69) is 0 Å². The molecule has 1 unspecified atom stereocenters. The highest BCUT2D eigenvalue weighted by Gasteiger charge is 2.46. The van der Waals surface area contributed by atoms with Gasteiger partial charge in [0.05, 0.1) is 11.6 Å². The molecule has 1 atom stereocenters. The number of hydrogen-bond donors (Lipinski definition) is 1. The maximum absolute atomic E-state index is 13.0. The van der Waals surface area contributed by atoms with Gasteiger partial charge in [0.2, 0.25) is 0 Å². The summed E-state index contributed by atoms with van der Waals surface area (Å²) in [5.41, 5.74) is 1.64. The summed E-state index contributed by atoms with van der Waals surface area (Å²) in [6.45, 7) is 1.44. The number of likely N-dealkylation sites (N-methyl/N-ethyl adjacent to an activating group) is 1. The molecule has 1 saturated heterocycles. The standard InChI is InChI=1S/C26H26N2O4S/c1-27(2)14-15-28-23(21-9-6-16-33-21)22(25(30)26(28)31)24(29)19-10-12-20(13-11-19)32-17-18-7-4-3-5-8-18/h3-13,16,23,29H,14-15,17H2,1-2H3/b24-22-. The zero-order valence-electron chi connectivity index (χ0n) is 18.6. The molecule has 33 heavy (non-hydrogen) atoms. The fraction of sp³-hybridized carbons (Fsp3) is 0.231. The molecule has 0 bridgehead atoms. The number of aliphatic hydroxyl groups is 1. The molecule has 4 rings (SSSR count). The van der Waals surface area contributed by atoms with Crippen LogP contribution in [0.25, 0.3) is 5.76 Å². The highest BCUT2D eigenvalue weighted by atomic mass is 32.1. The van der Waals surface area contributed by atoms with Crippen molar-refractivity contribution in [2.24, 2.45) is 0 Å². The van der Waals surface area contributed by atoms with Crippen molar-refractivity contribution in [2.45, 2.75) is 12.6 Å². The fourth-order valence-electron chi connectivity index (χ4n) is 3.77. The quantitative estimate of drug-likeness (QED) is 0.307. The molecule has 2 heterocycles. The van der Waals surface area contributed by atoms with Crippen LogP contribution in [-0.4, -0.2) is 53.8 Å². The Morgan fingerprint density at radius 2 is 1.76 bits per heavy atom. The van der Waals surface area contributed by atoms with Gasteiger partial charge in [0.1, 0.15) is 18.1 Å². The first kappa shape index (κ1) is 22.8. The Balaban J connectivity index is 1.61. The number of likely N-dealkylation sites (tertiary alicyclic amines) is 1. The van der Waals surface area contributed by atoms with Gasteiger partial charge in [-0.15, -0.1) is 11.3 Å². The molecule has 1 amide bonds. The van der Waals surface area contributed by atoms with Crippen LogP contribution in [-0.2, 0) is 16.2 Å². The highest BCUT2D eigenvalue weighted by molar-refractivity contribution is 7.10. The van der Waals surface area contributed by atoms with Crippen molar-refractivity contribution >= 4 is 28.8 Å². The molecule has 6 nitrogen and oxygen atoms in total. The summed E-state index contributed by atoms with van der Waals surface area (Å²) in [5.74, 6) is -0.765. The first-order chi connectivity index (χ1) is 16.0. The van der Waals surface area contributed by atoms with Crippen LogP contribution in [0.15, 0.2) is 77.7 Å². The summed E-state index contributed by atoms with van der Waals surface area (Å²) in [7, 11) is 3.83. The number of Topliss-reactive ketones (excluding diaryl/α,β-unsaturated/α-hetero) is 1. The molecule has 1 fully saturated rings. The van der Waals surface area contributed by atoms with E-state index in [4.69, 9.17) is 4.74 Å². The molecule has 0 spiro atoms. The highest BCUT2D eigenvalue weighted by Crippen LogP contribution is 2.41. The third-order valence-electron chi connectivity index (χ3n) is 5.52. The molecular weight excluding hydrogens is 436 g/mol. The zero-order chi connectivity index (χ0) is 23.4. The molecule has 1 N–H and O–H groups in total. The predicted molar refractivity (Wildman–Crippen MR) is 129 cm³/mol. The number of rotatable bonds is 8. The summed E-state index contributed by atoms with van der Waals surface area (Å²) in [5, 5.41) is 13.0. The molecule has 1 aromatic heterocycles. The maximum Gasteiger partial charge on any atom is 0.295 e. The Labute approximate surface area is 197 Å². The van der Waals surface area contributed by atoms with Gasteiger partial charge in [-0.2, -0.15) is 0 Å². The number of nitrogens with zero attached hydrogens (tertiary/aromatic N) is 2. The number of hydrogen-bond acceptors (Lipinski definition) is 6. The second-order valence-corrected chi connectivity index (χ2v) is 9.09. The van der Waals surface area contributed by atoms with Crippen molar-refractivity contribution < 1.29 is 19.4 Å². The van der Waals surface area contributed by atoms with E-state index in [0.29, 0.717) is 31.0 Å². The minimum absolute atomic E-state index is 0.124. The van der Waals surface area contributed by atoms with Crippen LogP contribution in [0.2, 0.25) is 0 Å². The fourth-order valence-corrected chi connectivity index (χ4v) is 4.61. The van der Waals surface area contributed by atoms with Gasteiger partial charge < -0.3 is 19.6 Å². The topological polar surface area (TPSA) is 70.1 Å².